The largest absolute Gasteiger partial charge is 0.401 e. The maximum atomic E-state index is 12.4. The lowest BCUT2D eigenvalue weighted by Crippen LogP contribution is -2.43. The predicted molar refractivity (Wildman–Crippen MR) is 120 cm³/mol. The highest BCUT2D eigenvalue weighted by Crippen LogP contribution is 2.24. The second-order valence-electron chi connectivity index (χ2n) is 7.97. The first-order valence-corrected chi connectivity index (χ1v) is 10.3. The molecule has 2 rings (SSSR count). The van der Waals surface area contributed by atoms with Crippen LogP contribution in [-0.2, 0) is 0 Å². The van der Waals surface area contributed by atoms with Crippen molar-refractivity contribution >= 4 is 29.9 Å². The minimum Gasteiger partial charge on any atom is -0.356 e. The van der Waals surface area contributed by atoms with E-state index >= 15 is 0 Å². The summed E-state index contributed by atoms with van der Waals surface area (Å²) in [7, 11) is 3.96. The average molecular weight is 519 g/mol. The quantitative estimate of drug-likeness (QED) is 0.294. The van der Waals surface area contributed by atoms with Gasteiger partial charge in [0.1, 0.15) is 0 Å². The molecule has 0 atom stereocenters. The van der Waals surface area contributed by atoms with E-state index in [1.807, 2.05) is 0 Å². The number of piperidine rings is 1. The normalized spacial score (nSPS) is 20.4. The lowest BCUT2D eigenvalue weighted by molar-refractivity contribution is -0.148. The summed E-state index contributed by atoms with van der Waals surface area (Å²) < 4.78 is 37.3. The molecule has 1 heterocycles. The second-order valence-corrected chi connectivity index (χ2v) is 7.97. The summed E-state index contributed by atoms with van der Waals surface area (Å²) in [6, 6.07) is 0.727. The van der Waals surface area contributed by atoms with Crippen molar-refractivity contribution in [1.82, 2.24) is 20.4 Å². The van der Waals surface area contributed by atoms with E-state index in [1.54, 1.807) is 7.05 Å². The first-order valence-electron chi connectivity index (χ1n) is 10.3. The van der Waals surface area contributed by atoms with Crippen LogP contribution in [0.4, 0.5) is 13.2 Å². The molecule has 0 bridgehead atoms. The Bertz CT molecular complexity index is 447. The zero-order valence-electron chi connectivity index (χ0n) is 17.2. The predicted octanol–water partition coefficient (Wildman–Crippen LogP) is 3.31. The number of guanidine groups is 1. The Hall–Kier alpha value is -0.290. The van der Waals surface area contributed by atoms with Crippen molar-refractivity contribution in [3.8, 4) is 0 Å². The van der Waals surface area contributed by atoms with Crippen LogP contribution >= 0.6 is 24.0 Å². The molecule has 0 radical (unpaired) electrons. The van der Waals surface area contributed by atoms with Gasteiger partial charge in [0.2, 0.25) is 0 Å². The average Bonchev–Trinajstić information content (AvgIpc) is 3.15. The number of likely N-dealkylation sites (N-methyl/N-ethyl adjacent to an activating group) is 1. The summed E-state index contributed by atoms with van der Waals surface area (Å²) in [6.07, 6.45) is 3.89. The van der Waals surface area contributed by atoms with Crippen molar-refractivity contribution in [3.05, 3.63) is 0 Å². The molecule has 0 amide bonds. The number of alkyl halides is 3. The molecule has 0 unspecified atom stereocenters. The fraction of sp³-hybridized carbons (Fsp3) is 0.947. The smallest absolute Gasteiger partial charge is 0.356 e. The molecule has 28 heavy (non-hydrogen) atoms. The molecule has 166 valence electrons. The molecule has 0 aromatic heterocycles. The van der Waals surface area contributed by atoms with Crippen LogP contribution in [-0.4, -0.2) is 81.3 Å². The zero-order chi connectivity index (χ0) is 19.7. The molecule has 2 N–H and O–H groups in total. The Morgan fingerprint density at radius 3 is 2.25 bits per heavy atom. The van der Waals surface area contributed by atoms with Gasteiger partial charge in [-0.1, -0.05) is 12.8 Å². The number of hydrogen-bond acceptors (Lipinski definition) is 3. The third kappa shape index (κ3) is 9.96. The van der Waals surface area contributed by atoms with Crippen molar-refractivity contribution in [2.45, 2.75) is 57.2 Å². The van der Waals surface area contributed by atoms with Gasteiger partial charge in [-0.15, -0.1) is 24.0 Å². The second kappa shape index (κ2) is 13.1. The molecule has 1 aliphatic carbocycles. The number of halogens is 4. The van der Waals surface area contributed by atoms with E-state index in [1.165, 1.54) is 30.6 Å². The van der Waals surface area contributed by atoms with Gasteiger partial charge in [-0.05, 0) is 58.2 Å². The van der Waals surface area contributed by atoms with E-state index < -0.39 is 12.7 Å². The summed E-state index contributed by atoms with van der Waals surface area (Å²) >= 11 is 0. The Labute approximate surface area is 184 Å². The van der Waals surface area contributed by atoms with E-state index in [4.69, 9.17) is 0 Å². The van der Waals surface area contributed by atoms with Crippen LogP contribution < -0.4 is 10.6 Å². The lowest BCUT2D eigenvalue weighted by Gasteiger charge is -2.32. The van der Waals surface area contributed by atoms with Crippen LogP contribution in [0.2, 0.25) is 0 Å². The Morgan fingerprint density at radius 2 is 1.68 bits per heavy atom. The first-order chi connectivity index (χ1) is 12.9. The van der Waals surface area contributed by atoms with E-state index in [2.05, 4.69) is 27.6 Å². The van der Waals surface area contributed by atoms with E-state index in [0.717, 1.165) is 50.9 Å². The molecule has 1 saturated carbocycles. The summed E-state index contributed by atoms with van der Waals surface area (Å²) in [6.45, 7) is 2.99. The van der Waals surface area contributed by atoms with Crippen LogP contribution in [0.25, 0.3) is 0 Å². The highest BCUT2D eigenvalue weighted by Gasteiger charge is 2.32. The van der Waals surface area contributed by atoms with Gasteiger partial charge in [-0.25, -0.2) is 0 Å². The highest BCUT2D eigenvalue weighted by molar-refractivity contribution is 14.0. The Kier molecular flexibility index (Phi) is 12.0. The molecule has 9 heteroatoms. The topological polar surface area (TPSA) is 42.9 Å². The van der Waals surface area contributed by atoms with Crippen molar-refractivity contribution in [3.63, 3.8) is 0 Å². The zero-order valence-corrected chi connectivity index (χ0v) is 19.6. The number of nitrogens with zero attached hydrogens (tertiary/aromatic N) is 3. The number of rotatable bonds is 8. The van der Waals surface area contributed by atoms with Crippen LogP contribution in [0.3, 0.4) is 0 Å². The van der Waals surface area contributed by atoms with Crippen LogP contribution in [0, 0.1) is 5.92 Å². The summed E-state index contributed by atoms with van der Waals surface area (Å²) in [4.78, 5) is 8.21. The molecule has 1 saturated heterocycles. The highest BCUT2D eigenvalue weighted by atomic mass is 127. The molecule has 5 nitrogen and oxygen atoms in total. The lowest BCUT2D eigenvalue weighted by atomic mass is 9.93. The summed E-state index contributed by atoms with van der Waals surface area (Å²) in [5, 5.41) is 6.69. The van der Waals surface area contributed by atoms with E-state index in [9.17, 15) is 13.2 Å². The number of nitrogens with one attached hydrogen (secondary N) is 2. The summed E-state index contributed by atoms with van der Waals surface area (Å²) in [5.74, 6) is 1.30. The van der Waals surface area contributed by atoms with Crippen molar-refractivity contribution in [1.29, 1.82) is 0 Å². The standard InChI is InChI=1S/C19H36F3N5.HI/c1-23-18(25-11-14-26(2)17-5-3-4-6-17)24-10-7-16-8-12-27(13-9-16)15-19(20,21)22;/h16-17H,3-15H2,1-2H3,(H2,23,24,25);1H. The summed E-state index contributed by atoms with van der Waals surface area (Å²) in [5.41, 5.74) is 0. The minimum absolute atomic E-state index is 0. The molecular formula is C19H37F3IN5. The van der Waals surface area contributed by atoms with Gasteiger partial charge in [0.05, 0.1) is 6.54 Å². The van der Waals surface area contributed by atoms with E-state index in [0.29, 0.717) is 19.0 Å². The monoisotopic (exact) mass is 519 g/mol. The molecule has 2 fully saturated rings. The number of likely N-dealkylation sites (tertiary alicyclic amines) is 1. The minimum atomic E-state index is -4.08. The third-order valence-electron chi connectivity index (χ3n) is 5.88. The molecular weight excluding hydrogens is 482 g/mol. The van der Waals surface area contributed by atoms with Crippen molar-refractivity contribution in [2.24, 2.45) is 10.9 Å². The van der Waals surface area contributed by atoms with Gasteiger partial charge < -0.3 is 15.5 Å². The molecule has 2 aliphatic rings. The third-order valence-corrected chi connectivity index (χ3v) is 5.88. The molecule has 0 aromatic rings. The van der Waals surface area contributed by atoms with Gasteiger partial charge in [-0.3, -0.25) is 9.89 Å². The maximum absolute atomic E-state index is 12.4. The van der Waals surface area contributed by atoms with E-state index in [-0.39, 0.29) is 24.0 Å². The molecule has 0 aromatic carbocycles. The first kappa shape index (κ1) is 25.7. The number of aliphatic imine (C=N–C) groups is 1. The van der Waals surface area contributed by atoms with Gasteiger partial charge in [-0.2, -0.15) is 13.2 Å². The van der Waals surface area contributed by atoms with Crippen LogP contribution in [0.5, 0.6) is 0 Å². The SMILES string of the molecule is CN=C(NCCC1CCN(CC(F)(F)F)CC1)NCCN(C)C1CCCC1.I. The van der Waals surface area contributed by atoms with Gasteiger partial charge in [0, 0.05) is 32.7 Å². The van der Waals surface area contributed by atoms with Crippen LogP contribution in [0.1, 0.15) is 44.9 Å². The van der Waals surface area contributed by atoms with Gasteiger partial charge in [0.15, 0.2) is 5.96 Å². The molecule has 0 spiro atoms. The fourth-order valence-electron chi connectivity index (χ4n) is 4.18. The van der Waals surface area contributed by atoms with Crippen molar-refractivity contribution in [2.75, 3.05) is 53.4 Å². The fourth-order valence-corrected chi connectivity index (χ4v) is 4.18. The molecule has 1 aliphatic heterocycles. The Balaban J connectivity index is 0.00000392. The maximum Gasteiger partial charge on any atom is 0.401 e. The number of hydrogen-bond donors (Lipinski definition) is 2. The van der Waals surface area contributed by atoms with Gasteiger partial charge in [0.25, 0.3) is 0 Å². The van der Waals surface area contributed by atoms with Crippen molar-refractivity contribution < 1.29 is 13.2 Å². The Morgan fingerprint density at radius 1 is 1.07 bits per heavy atom. The van der Waals surface area contributed by atoms with Gasteiger partial charge >= 0.3 is 6.18 Å². The van der Waals surface area contributed by atoms with Crippen LogP contribution in [0.15, 0.2) is 4.99 Å².